The van der Waals surface area contributed by atoms with E-state index in [4.69, 9.17) is 9.88 Å². The molecule has 2 aliphatic rings. The fourth-order valence-electron chi connectivity index (χ4n) is 2.83. The number of primary sulfonamides is 1. The molecule has 9 nitrogen and oxygen atoms in total. The number of rotatable bonds is 6. The van der Waals surface area contributed by atoms with Crippen molar-refractivity contribution in [3.63, 3.8) is 0 Å². The zero-order valence-electron chi connectivity index (χ0n) is 14.2. The largest absolute Gasteiger partial charge is 0.461 e. The summed E-state index contributed by atoms with van der Waals surface area (Å²) in [6.07, 6.45) is 0.147. The maximum Gasteiger partial charge on any atom is 0.302 e. The highest BCUT2D eigenvalue weighted by Crippen LogP contribution is 2.41. The molecular formula is C15H17N3O6S3. The molecule has 2 aliphatic heterocycles. The van der Waals surface area contributed by atoms with Gasteiger partial charge in [-0.3, -0.25) is 19.3 Å². The lowest BCUT2D eigenvalue weighted by atomic mass is 10.1. The number of fused-ring (bicyclic) bond motifs is 1. The van der Waals surface area contributed by atoms with Crippen LogP contribution < -0.4 is 10.5 Å². The van der Waals surface area contributed by atoms with Crippen molar-refractivity contribution in [1.29, 1.82) is 0 Å². The molecule has 2 amide bonds. The predicted octanol–water partition coefficient (Wildman–Crippen LogP) is -0.246. The van der Waals surface area contributed by atoms with Gasteiger partial charge in [-0.1, -0.05) is 6.07 Å². The molecule has 1 aromatic rings. The first-order valence-corrected chi connectivity index (χ1v) is 11.3. The normalized spacial score (nSPS) is 22.1. The molecule has 1 aromatic heterocycles. The lowest BCUT2D eigenvalue weighted by Crippen LogP contribution is -2.71. The van der Waals surface area contributed by atoms with Gasteiger partial charge in [-0.25, -0.2) is 13.6 Å². The number of hydrogen-bond donors (Lipinski definition) is 2. The molecule has 1 unspecified atom stereocenters. The molecule has 3 heterocycles. The second-order valence-electron chi connectivity index (χ2n) is 5.95. The minimum atomic E-state index is -4.21. The summed E-state index contributed by atoms with van der Waals surface area (Å²) in [5.74, 6) is -1.24. The fourth-order valence-corrected chi connectivity index (χ4v) is 6.03. The number of nitrogens with zero attached hydrogens (tertiary/aromatic N) is 1. The smallest absolute Gasteiger partial charge is 0.302 e. The van der Waals surface area contributed by atoms with E-state index in [1.165, 1.54) is 30.0 Å². The average molecular weight is 432 g/mol. The van der Waals surface area contributed by atoms with Gasteiger partial charge < -0.3 is 10.1 Å². The van der Waals surface area contributed by atoms with Crippen LogP contribution in [0.25, 0.3) is 0 Å². The van der Waals surface area contributed by atoms with Crippen molar-refractivity contribution in [3.8, 4) is 0 Å². The molecule has 3 rings (SSSR count). The number of ether oxygens (including phenoxy) is 1. The van der Waals surface area contributed by atoms with Crippen LogP contribution in [0.3, 0.4) is 0 Å². The Labute approximate surface area is 164 Å². The van der Waals surface area contributed by atoms with Gasteiger partial charge in [-0.05, 0) is 11.4 Å². The number of β-lactam (4-membered cyclic amide) rings is 1. The number of amides is 2. The Morgan fingerprint density at radius 3 is 2.78 bits per heavy atom. The Kier molecular flexibility index (Phi) is 5.60. The highest BCUT2D eigenvalue weighted by Gasteiger charge is 2.54. The third-order valence-corrected chi connectivity index (χ3v) is 7.18. The van der Waals surface area contributed by atoms with Crippen LogP contribution in [0, 0.1) is 0 Å². The van der Waals surface area contributed by atoms with Gasteiger partial charge in [0.1, 0.15) is 18.0 Å². The van der Waals surface area contributed by atoms with Crippen LogP contribution in [0.2, 0.25) is 0 Å². The van der Waals surface area contributed by atoms with E-state index in [0.717, 1.165) is 9.78 Å². The summed E-state index contributed by atoms with van der Waals surface area (Å²) >= 11 is 2.71. The van der Waals surface area contributed by atoms with Crippen molar-refractivity contribution in [3.05, 3.63) is 33.0 Å². The molecule has 0 aromatic carbocycles. The van der Waals surface area contributed by atoms with Crippen molar-refractivity contribution >= 4 is 50.9 Å². The predicted molar refractivity (Wildman–Crippen MR) is 99.8 cm³/mol. The number of esters is 1. The molecule has 27 heavy (non-hydrogen) atoms. The zero-order chi connectivity index (χ0) is 19.8. The first-order chi connectivity index (χ1) is 12.7. The van der Waals surface area contributed by atoms with Crippen LogP contribution in [0.15, 0.2) is 28.1 Å². The highest BCUT2D eigenvalue weighted by atomic mass is 32.2. The van der Waals surface area contributed by atoms with Crippen LogP contribution in [0.5, 0.6) is 0 Å². The summed E-state index contributed by atoms with van der Waals surface area (Å²) in [6, 6.07) is 2.82. The second kappa shape index (κ2) is 7.62. The lowest BCUT2D eigenvalue weighted by molar-refractivity contribution is -0.145. The average Bonchev–Trinajstić information content (AvgIpc) is 3.08. The Morgan fingerprint density at radius 1 is 1.44 bits per heavy atom. The summed E-state index contributed by atoms with van der Waals surface area (Å²) in [4.78, 5) is 37.6. The van der Waals surface area contributed by atoms with Crippen LogP contribution >= 0.6 is 23.1 Å². The molecule has 146 valence electrons. The Bertz CT molecular complexity index is 909. The Balaban J connectivity index is 1.75. The SMILES string of the molecule is CC(=O)OCC1=C(S(N)(=O)=O)N2C(=O)C(NC(=O)Cc3cccs3)[C@H]2SC1. The molecule has 0 radical (unpaired) electrons. The van der Waals surface area contributed by atoms with Gasteiger partial charge in [0.05, 0.1) is 6.42 Å². The summed E-state index contributed by atoms with van der Waals surface area (Å²) < 4.78 is 28.9. The molecule has 3 N–H and O–H groups in total. The van der Waals surface area contributed by atoms with Gasteiger partial charge in [0, 0.05) is 23.1 Å². The summed E-state index contributed by atoms with van der Waals surface area (Å²) in [5.41, 5.74) is 0.241. The van der Waals surface area contributed by atoms with Gasteiger partial charge in [-0.15, -0.1) is 23.1 Å². The van der Waals surface area contributed by atoms with Crippen molar-refractivity contribution in [2.24, 2.45) is 5.14 Å². The number of carbonyl (C=O) groups is 3. The molecule has 0 bridgehead atoms. The first-order valence-electron chi connectivity index (χ1n) is 7.83. The van der Waals surface area contributed by atoms with E-state index in [9.17, 15) is 22.8 Å². The van der Waals surface area contributed by atoms with E-state index in [2.05, 4.69) is 5.32 Å². The van der Waals surface area contributed by atoms with Gasteiger partial charge in [0.15, 0.2) is 5.03 Å². The number of nitrogens with two attached hydrogens (primary N) is 1. The van der Waals surface area contributed by atoms with Crippen LogP contribution in [0.1, 0.15) is 11.8 Å². The molecule has 2 atom stereocenters. The number of nitrogens with one attached hydrogen (secondary N) is 1. The molecule has 0 aliphatic carbocycles. The van der Waals surface area contributed by atoms with E-state index in [1.54, 1.807) is 0 Å². The minimum absolute atomic E-state index is 0.147. The summed E-state index contributed by atoms with van der Waals surface area (Å²) in [7, 11) is -4.21. The Morgan fingerprint density at radius 2 is 2.19 bits per heavy atom. The standard InChI is InChI=1S/C15H17N3O6S3/c1-8(19)24-6-9-7-26-14-12(13(21)18(14)15(9)27(16,22)23)17-11(20)5-10-3-2-4-25-10/h2-4,12,14H,5-7H2,1H3,(H,17,20)(H2,16,22,23)/t12?,14-/m1/s1. The summed E-state index contributed by atoms with van der Waals surface area (Å²) in [6.45, 7) is 0.934. The first kappa shape index (κ1) is 19.9. The molecular weight excluding hydrogens is 414 g/mol. The van der Waals surface area contributed by atoms with E-state index >= 15 is 0 Å². The fraction of sp³-hybridized carbons (Fsp3) is 0.400. The van der Waals surface area contributed by atoms with Crippen molar-refractivity contribution in [1.82, 2.24) is 10.2 Å². The molecule has 12 heteroatoms. The van der Waals surface area contributed by atoms with Gasteiger partial charge in [0.25, 0.3) is 15.9 Å². The van der Waals surface area contributed by atoms with E-state index in [-0.39, 0.29) is 35.3 Å². The molecule has 1 fully saturated rings. The van der Waals surface area contributed by atoms with E-state index < -0.39 is 33.3 Å². The third-order valence-electron chi connectivity index (χ3n) is 3.94. The monoisotopic (exact) mass is 431 g/mol. The topological polar surface area (TPSA) is 136 Å². The minimum Gasteiger partial charge on any atom is -0.461 e. The van der Waals surface area contributed by atoms with Crippen molar-refractivity contribution < 1.29 is 27.5 Å². The summed E-state index contributed by atoms with van der Waals surface area (Å²) in [5, 5.41) is 8.86. The number of thiophene rings is 1. The van der Waals surface area contributed by atoms with Crippen molar-refractivity contribution in [2.45, 2.75) is 24.8 Å². The number of sulfonamides is 1. The number of thioether (sulfide) groups is 1. The third kappa shape index (κ3) is 4.18. The van der Waals surface area contributed by atoms with Gasteiger partial charge in [-0.2, -0.15) is 0 Å². The lowest BCUT2D eigenvalue weighted by Gasteiger charge is -2.49. The molecule has 1 saturated heterocycles. The molecule has 0 saturated carbocycles. The number of hydrogen-bond acceptors (Lipinski definition) is 8. The van der Waals surface area contributed by atoms with Gasteiger partial charge >= 0.3 is 5.97 Å². The molecule has 0 spiro atoms. The number of carbonyl (C=O) groups excluding carboxylic acids is 3. The Hall–Kier alpha value is -1.89. The van der Waals surface area contributed by atoms with E-state index in [1.807, 2.05) is 17.5 Å². The van der Waals surface area contributed by atoms with Crippen LogP contribution in [-0.4, -0.2) is 54.9 Å². The quantitative estimate of drug-likeness (QED) is 0.468. The second-order valence-corrected chi connectivity index (χ2v) is 9.56. The van der Waals surface area contributed by atoms with Crippen molar-refractivity contribution in [2.75, 3.05) is 12.4 Å². The highest BCUT2D eigenvalue weighted by molar-refractivity contribution is 8.00. The van der Waals surface area contributed by atoms with Crippen LogP contribution in [-0.2, 0) is 35.6 Å². The van der Waals surface area contributed by atoms with Gasteiger partial charge in [0.2, 0.25) is 5.91 Å². The zero-order valence-corrected chi connectivity index (χ0v) is 16.7. The van der Waals surface area contributed by atoms with E-state index in [0.29, 0.717) is 0 Å². The maximum absolute atomic E-state index is 12.5. The van der Waals surface area contributed by atoms with Crippen LogP contribution in [0.4, 0.5) is 0 Å². The maximum atomic E-state index is 12.5.